The lowest BCUT2D eigenvalue weighted by Gasteiger charge is -2.07. The van der Waals surface area contributed by atoms with E-state index in [1.165, 1.54) is 18.4 Å². The Hall–Kier alpha value is -2.45. The van der Waals surface area contributed by atoms with Gasteiger partial charge in [-0.05, 0) is 42.2 Å². The van der Waals surface area contributed by atoms with Crippen LogP contribution in [-0.4, -0.2) is 19.3 Å². The van der Waals surface area contributed by atoms with Crippen LogP contribution in [0.25, 0.3) is 11.3 Å². The molecule has 1 amide bonds. The molecule has 1 heterocycles. The first-order chi connectivity index (χ1) is 13.3. The van der Waals surface area contributed by atoms with Crippen LogP contribution in [0.3, 0.4) is 0 Å². The molecule has 28 heavy (non-hydrogen) atoms. The van der Waals surface area contributed by atoms with Gasteiger partial charge in [-0.1, -0.05) is 40.2 Å². The summed E-state index contributed by atoms with van der Waals surface area (Å²) in [4.78, 5) is 16.7. The molecule has 0 unspecified atom stereocenters. The molecule has 144 valence electrons. The summed E-state index contributed by atoms with van der Waals surface area (Å²) in [6, 6.07) is 13.9. The minimum Gasteiger partial charge on any atom is -0.449 e. The molecule has 3 aromatic rings. The summed E-state index contributed by atoms with van der Waals surface area (Å²) < 4.78 is 33.4. The molecule has 0 radical (unpaired) electrons. The molecule has 1 fully saturated rings. The van der Waals surface area contributed by atoms with Gasteiger partial charge in [0, 0.05) is 22.9 Å². The van der Waals surface area contributed by atoms with Crippen molar-refractivity contribution >= 4 is 31.9 Å². The highest BCUT2D eigenvalue weighted by Crippen LogP contribution is 2.47. The Kier molecular flexibility index (Phi) is 4.84. The van der Waals surface area contributed by atoms with E-state index in [0.29, 0.717) is 18.0 Å². The molecule has 2 aromatic carbocycles. The average molecular weight is 461 g/mol. The third-order valence-corrected chi connectivity index (χ3v) is 6.63. The minimum atomic E-state index is -3.92. The van der Waals surface area contributed by atoms with Crippen molar-refractivity contribution in [3.63, 3.8) is 0 Å². The number of aryl methyl sites for hydroxylation is 1. The zero-order chi connectivity index (χ0) is 19.9. The molecule has 6 nitrogen and oxygen atoms in total. The van der Waals surface area contributed by atoms with E-state index in [1.54, 1.807) is 19.1 Å². The third kappa shape index (κ3) is 3.88. The van der Waals surface area contributed by atoms with Crippen molar-refractivity contribution in [3.8, 4) is 11.3 Å². The van der Waals surface area contributed by atoms with Crippen LogP contribution in [0.1, 0.15) is 23.8 Å². The van der Waals surface area contributed by atoms with Crippen LogP contribution in [0, 0.1) is 12.8 Å². The average Bonchev–Trinajstić information content (AvgIpc) is 3.36. The summed E-state index contributed by atoms with van der Waals surface area (Å²) in [7, 11) is -3.92. The lowest BCUT2D eigenvalue weighted by Crippen LogP contribution is -2.32. The van der Waals surface area contributed by atoms with E-state index in [-0.39, 0.29) is 16.7 Å². The highest BCUT2D eigenvalue weighted by atomic mass is 79.9. The summed E-state index contributed by atoms with van der Waals surface area (Å²) in [5.41, 5.74) is 2.40. The van der Waals surface area contributed by atoms with Gasteiger partial charge in [-0.3, -0.25) is 4.79 Å². The van der Waals surface area contributed by atoms with Gasteiger partial charge in [0.05, 0.1) is 4.90 Å². The van der Waals surface area contributed by atoms with Gasteiger partial charge in [0.1, 0.15) is 12.0 Å². The summed E-state index contributed by atoms with van der Waals surface area (Å²) in [6.45, 7) is 1.73. The minimum absolute atomic E-state index is 0.0330. The number of rotatable bonds is 5. The number of nitrogens with one attached hydrogen (secondary N) is 1. The van der Waals surface area contributed by atoms with Gasteiger partial charge in [-0.25, -0.2) is 18.1 Å². The van der Waals surface area contributed by atoms with Crippen LogP contribution < -0.4 is 4.72 Å². The van der Waals surface area contributed by atoms with E-state index in [2.05, 4.69) is 25.6 Å². The number of hydrogen-bond acceptors (Lipinski definition) is 5. The monoisotopic (exact) mass is 460 g/mol. The van der Waals surface area contributed by atoms with E-state index in [0.717, 1.165) is 15.6 Å². The molecule has 1 aliphatic rings. The Balaban J connectivity index is 1.44. The second-order valence-corrected chi connectivity index (χ2v) is 9.34. The van der Waals surface area contributed by atoms with Crippen LogP contribution in [0.5, 0.6) is 0 Å². The highest BCUT2D eigenvalue weighted by molar-refractivity contribution is 9.10. The first-order valence-electron chi connectivity index (χ1n) is 8.68. The fourth-order valence-corrected chi connectivity index (χ4v) is 4.42. The Morgan fingerprint density at radius 1 is 1.14 bits per heavy atom. The van der Waals surface area contributed by atoms with Gasteiger partial charge >= 0.3 is 0 Å². The number of sulfonamides is 1. The maximum absolute atomic E-state index is 12.5. The largest absolute Gasteiger partial charge is 0.449 e. The molecule has 1 aromatic heterocycles. The predicted molar refractivity (Wildman–Crippen MR) is 107 cm³/mol. The number of benzene rings is 2. The molecular weight excluding hydrogens is 444 g/mol. The van der Waals surface area contributed by atoms with Crippen molar-refractivity contribution in [2.24, 2.45) is 5.92 Å². The first kappa shape index (κ1) is 18.9. The number of oxazole rings is 1. The Morgan fingerprint density at radius 3 is 2.43 bits per heavy atom. The van der Waals surface area contributed by atoms with Gasteiger partial charge < -0.3 is 4.42 Å². The lowest BCUT2D eigenvalue weighted by molar-refractivity contribution is -0.120. The third-order valence-electron chi connectivity index (χ3n) is 4.74. The maximum atomic E-state index is 12.5. The molecule has 1 N–H and O–H groups in total. The number of amides is 1. The highest BCUT2D eigenvalue weighted by Gasteiger charge is 2.45. The molecule has 0 spiro atoms. The number of carbonyl (C=O) groups is 1. The zero-order valence-electron chi connectivity index (χ0n) is 14.9. The van der Waals surface area contributed by atoms with Gasteiger partial charge in [0.2, 0.25) is 5.91 Å². The second-order valence-electron chi connectivity index (χ2n) is 6.75. The van der Waals surface area contributed by atoms with Crippen molar-refractivity contribution in [1.29, 1.82) is 0 Å². The van der Waals surface area contributed by atoms with E-state index >= 15 is 0 Å². The fourth-order valence-electron chi connectivity index (χ4n) is 3.13. The van der Waals surface area contributed by atoms with Gasteiger partial charge in [0.25, 0.3) is 10.0 Å². The molecule has 0 saturated heterocycles. The summed E-state index contributed by atoms with van der Waals surface area (Å²) in [5.74, 6) is -0.206. The van der Waals surface area contributed by atoms with E-state index in [9.17, 15) is 13.2 Å². The Morgan fingerprint density at radius 2 is 1.82 bits per heavy atom. The molecule has 0 aliphatic heterocycles. The van der Waals surface area contributed by atoms with Crippen molar-refractivity contribution in [2.45, 2.75) is 24.2 Å². The molecular formula is C20H17BrN2O4S. The van der Waals surface area contributed by atoms with Gasteiger partial charge in [-0.2, -0.15) is 0 Å². The molecule has 8 heteroatoms. The van der Waals surface area contributed by atoms with Crippen molar-refractivity contribution in [3.05, 3.63) is 70.7 Å². The van der Waals surface area contributed by atoms with Crippen LogP contribution in [0.2, 0.25) is 0 Å². The first-order valence-corrected chi connectivity index (χ1v) is 11.0. The van der Waals surface area contributed by atoms with E-state index in [1.807, 2.05) is 24.3 Å². The number of carbonyl (C=O) groups excluding carboxylic acids is 1. The smallest absolute Gasteiger partial charge is 0.264 e. The van der Waals surface area contributed by atoms with Crippen LogP contribution >= 0.6 is 15.9 Å². The quantitative estimate of drug-likeness (QED) is 0.620. The zero-order valence-corrected chi connectivity index (χ0v) is 17.3. The molecule has 2 atom stereocenters. The molecule has 1 aliphatic carbocycles. The lowest BCUT2D eigenvalue weighted by atomic mass is 10.1. The Labute approximate surface area is 171 Å². The van der Waals surface area contributed by atoms with Gasteiger partial charge in [-0.15, -0.1) is 0 Å². The van der Waals surface area contributed by atoms with Crippen molar-refractivity contribution in [1.82, 2.24) is 9.71 Å². The van der Waals surface area contributed by atoms with Gasteiger partial charge in [0.15, 0.2) is 5.89 Å². The predicted octanol–water partition coefficient (Wildman–Crippen LogP) is 4.02. The number of hydrogen-bond donors (Lipinski definition) is 1. The Bertz CT molecular complexity index is 1120. The van der Waals surface area contributed by atoms with Crippen LogP contribution in [0.4, 0.5) is 0 Å². The SMILES string of the molecule is Cc1nc(-c2ccc(S(=O)(=O)NC(=O)[C@@H]3C[C@H]3c3ccc(Br)cc3)cc2)co1. The molecule has 0 bridgehead atoms. The fraction of sp³-hybridized carbons (Fsp3) is 0.200. The van der Waals surface area contributed by atoms with E-state index in [4.69, 9.17) is 4.42 Å². The number of aromatic nitrogens is 1. The normalized spacial score (nSPS) is 18.6. The second kappa shape index (κ2) is 7.18. The van der Waals surface area contributed by atoms with E-state index < -0.39 is 15.9 Å². The van der Waals surface area contributed by atoms with Crippen molar-refractivity contribution in [2.75, 3.05) is 0 Å². The standard InChI is InChI=1S/C20H17BrN2O4S/c1-12-22-19(11-27-12)14-4-8-16(9-5-14)28(25,26)23-20(24)18-10-17(18)13-2-6-15(21)7-3-13/h2-9,11,17-18H,10H2,1H3,(H,23,24)/t17-,18+/m0/s1. The molecule has 1 saturated carbocycles. The summed E-state index contributed by atoms with van der Waals surface area (Å²) in [6.07, 6.45) is 2.16. The number of nitrogens with zero attached hydrogens (tertiary/aromatic N) is 1. The summed E-state index contributed by atoms with van der Waals surface area (Å²) in [5, 5.41) is 0. The summed E-state index contributed by atoms with van der Waals surface area (Å²) >= 11 is 3.38. The maximum Gasteiger partial charge on any atom is 0.264 e. The van der Waals surface area contributed by atoms with Crippen LogP contribution in [0.15, 0.2) is 68.6 Å². The van der Waals surface area contributed by atoms with Crippen LogP contribution in [-0.2, 0) is 14.8 Å². The van der Waals surface area contributed by atoms with Crippen molar-refractivity contribution < 1.29 is 17.6 Å². The molecule has 4 rings (SSSR count). The number of halogens is 1. The topological polar surface area (TPSA) is 89.3 Å².